The van der Waals surface area contributed by atoms with E-state index in [1.165, 1.54) is 0 Å². The highest BCUT2D eigenvalue weighted by Crippen LogP contribution is 1.68. The van der Waals surface area contributed by atoms with Gasteiger partial charge >= 0.3 is 0 Å². The van der Waals surface area contributed by atoms with Crippen LogP contribution in [0.1, 0.15) is 13.8 Å². The van der Waals surface area contributed by atoms with Crippen molar-refractivity contribution in [2.45, 2.75) is 13.8 Å². The number of nitrogens with zero attached hydrogens (tertiary/aromatic N) is 1. The summed E-state index contributed by atoms with van der Waals surface area (Å²) in [5.41, 5.74) is 0. The van der Waals surface area contributed by atoms with E-state index in [9.17, 15) is 0 Å². The molecule has 0 bridgehead atoms. The van der Waals surface area contributed by atoms with Crippen molar-refractivity contribution in [1.29, 1.82) is 0 Å². The second-order valence-electron chi connectivity index (χ2n) is 1.93. The highest BCUT2D eigenvalue weighted by Gasteiger charge is 1.91. The Morgan fingerprint density at radius 3 is 2.62 bits per heavy atom. The van der Waals surface area contributed by atoms with Crippen molar-refractivity contribution in [2.24, 2.45) is 0 Å². The summed E-state index contributed by atoms with van der Waals surface area (Å²) in [5.74, 6) is 0. The van der Waals surface area contributed by atoms with Crippen LogP contribution in [-0.2, 0) is 0 Å². The van der Waals surface area contributed by atoms with Crippen LogP contribution in [0, 0.1) is 0 Å². The first-order chi connectivity index (χ1) is 3.81. The second-order valence-corrected chi connectivity index (χ2v) is 1.93. The average Bonchev–Trinajstić information content (AvgIpc) is 1.83. The minimum atomic E-state index is 1.01. The maximum atomic E-state index is 3.22. The normalized spacial score (nSPS) is 9.88. The van der Waals surface area contributed by atoms with Crippen LogP contribution in [0.25, 0.3) is 0 Å². The first kappa shape index (κ1) is 8.05. The molecule has 0 aliphatic rings. The predicted molar refractivity (Wildman–Crippen MR) is 41.7 cm³/mol. The molecule has 0 spiro atoms. The summed E-state index contributed by atoms with van der Waals surface area (Å²) in [5, 5.41) is 3.22. The molecule has 0 fully saturated rings. The highest BCUT2D eigenvalue weighted by atomic mass is 15.0. The minimum absolute atomic E-state index is 1.01. The predicted octanol–water partition coefficient (Wildman–Crippen LogP) is -1.27. The Hall–Kier alpha value is 0.0499. The lowest BCUT2D eigenvalue weighted by Gasteiger charge is -2.11. The Morgan fingerprint density at radius 1 is 1.62 bits per heavy atom. The molecule has 0 saturated heterocycles. The molecule has 0 aliphatic heterocycles. The number of nitrogens with one attached hydrogen (secondary N) is 1. The van der Waals surface area contributed by atoms with Crippen LogP contribution in [0.4, 0.5) is 0 Å². The number of hydrogen-bond donors (Lipinski definition) is 1. The van der Waals surface area contributed by atoms with Crippen molar-refractivity contribution in [3.8, 4) is 0 Å². The van der Waals surface area contributed by atoms with E-state index in [2.05, 4.69) is 31.8 Å². The SMILES string of the molecule is BN(BNCC)CC. The molecule has 0 heterocycles. The van der Waals surface area contributed by atoms with E-state index in [0.717, 1.165) is 20.6 Å². The summed E-state index contributed by atoms with van der Waals surface area (Å²) < 4.78 is 2.23. The van der Waals surface area contributed by atoms with Gasteiger partial charge in [-0.1, -0.05) is 13.8 Å². The van der Waals surface area contributed by atoms with Gasteiger partial charge in [0.1, 0.15) is 0 Å². The molecule has 0 aromatic rings. The van der Waals surface area contributed by atoms with Gasteiger partial charge in [0.2, 0.25) is 0 Å². The summed E-state index contributed by atoms with van der Waals surface area (Å²) >= 11 is 0. The van der Waals surface area contributed by atoms with E-state index < -0.39 is 0 Å². The topological polar surface area (TPSA) is 15.3 Å². The Morgan fingerprint density at radius 2 is 2.25 bits per heavy atom. The van der Waals surface area contributed by atoms with Gasteiger partial charge in [0.05, 0.1) is 0 Å². The first-order valence-electron chi connectivity index (χ1n) is 3.20. The summed E-state index contributed by atoms with van der Waals surface area (Å²) in [6, 6.07) is 0. The molecule has 8 heavy (non-hydrogen) atoms. The van der Waals surface area contributed by atoms with E-state index in [0.29, 0.717) is 0 Å². The van der Waals surface area contributed by atoms with Crippen molar-refractivity contribution in [1.82, 2.24) is 9.95 Å². The molecule has 4 heteroatoms. The Balaban J connectivity index is 2.86. The lowest BCUT2D eigenvalue weighted by molar-refractivity contribution is 0.707. The number of rotatable bonds is 4. The molecule has 0 atom stereocenters. The molecular weight excluding hydrogens is 97.7 g/mol. The lowest BCUT2D eigenvalue weighted by Crippen LogP contribution is -2.35. The summed E-state index contributed by atoms with van der Waals surface area (Å²) in [4.78, 5) is 0. The van der Waals surface area contributed by atoms with Crippen molar-refractivity contribution < 1.29 is 0 Å². The molecule has 46 valence electrons. The van der Waals surface area contributed by atoms with Gasteiger partial charge in [-0.05, 0) is 13.1 Å². The average molecular weight is 112 g/mol. The second kappa shape index (κ2) is 5.19. The van der Waals surface area contributed by atoms with Crippen molar-refractivity contribution >= 4 is 15.5 Å². The number of hydrogen-bond acceptors (Lipinski definition) is 2. The molecule has 1 N–H and O–H groups in total. The molecule has 0 saturated carbocycles. The molecule has 0 amide bonds. The third kappa shape index (κ3) is 4.22. The lowest BCUT2D eigenvalue weighted by atomic mass is 10.0. The van der Waals surface area contributed by atoms with Gasteiger partial charge in [-0.25, -0.2) is 0 Å². The van der Waals surface area contributed by atoms with E-state index in [4.69, 9.17) is 0 Å². The summed E-state index contributed by atoms with van der Waals surface area (Å²) in [7, 11) is 3.11. The van der Waals surface area contributed by atoms with E-state index >= 15 is 0 Å². The van der Waals surface area contributed by atoms with Gasteiger partial charge in [0.25, 0.3) is 7.55 Å². The zero-order valence-corrected chi connectivity index (χ0v) is 6.07. The van der Waals surface area contributed by atoms with Crippen LogP contribution in [0.2, 0.25) is 0 Å². The van der Waals surface area contributed by atoms with Crippen molar-refractivity contribution in [3.63, 3.8) is 0 Å². The quantitative estimate of drug-likeness (QED) is 0.456. The smallest absolute Gasteiger partial charge is 0.277 e. The van der Waals surface area contributed by atoms with Gasteiger partial charge in [-0.2, -0.15) is 0 Å². The maximum absolute atomic E-state index is 3.22. The Labute approximate surface area is 53.4 Å². The van der Waals surface area contributed by atoms with Crippen LogP contribution in [0.5, 0.6) is 0 Å². The van der Waals surface area contributed by atoms with Gasteiger partial charge in [-0.3, -0.25) is 0 Å². The molecule has 0 aliphatic carbocycles. The zero-order chi connectivity index (χ0) is 6.41. The van der Waals surface area contributed by atoms with Crippen molar-refractivity contribution in [3.05, 3.63) is 0 Å². The van der Waals surface area contributed by atoms with Gasteiger partial charge in [0.15, 0.2) is 7.98 Å². The zero-order valence-electron chi connectivity index (χ0n) is 6.07. The largest absolute Gasteiger partial charge is 0.379 e. The fraction of sp³-hybridized carbons (Fsp3) is 1.00. The third-order valence-electron chi connectivity index (χ3n) is 1.17. The maximum Gasteiger partial charge on any atom is 0.277 e. The van der Waals surface area contributed by atoms with E-state index in [1.54, 1.807) is 0 Å². The fourth-order valence-electron chi connectivity index (χ4n) is 0.414. The Kier molecular flexibility index (Phi) is 5.22. The summed E-state index contributed by atoms with van der Waals surface area (Å²) in [6.45, 7) is 6.44. The summed E-state index contributed by atoms with van der Waals surface area (Å²) in [6.07, 6.45) is 0. The van der Waals surface area contributed by atoms with Crippen molar-refractivity contribution in [2.75, 3.05) is 13.1 Å². The molecule has 0 radical (unpaired) electrons. The van der Waals surface area contributed by atoms with E-state index in [-0.39, 0.29) is 0 Å². The van der Waals surface area contributed by atoms with Crippen LogP contribution in [-0.4, -0.2) is 33.3 Å². The minimum Gasteiger partial charge on any atom is -0.379 e. The monoisotopic (exact) mass is 112 g/mol. The molecule has 0 rings (SSSR count). The van der Waals surface area contributed by atoms with Gasteiger partial charge < -0.3 is 9.95 Å². The molecule has 0 aromatic heterocycles. The van der Waals surface area contributed by atoms with Gasteiger partial charge in [-0.15, -0.1) is 0 Å². The molecular formula is C4H14B2N2. The van der Waals surface area contributed by atoms with Crippen LogP contribution < -0.4 is 5.23 Å². The Bertz CT molecular complexity index is 51.3. The fourth-order valence-corrected chi connectivity index (χ4v) is 0.414. The van der Waals surface area contributed by atoms with Gasteiger partial charge in [0, 0.05) is 0 Å². The molecule has 0 aromatic carbocycles. The standard InChI is InChI=1S/C4H14B2N2/c1-3-7-6-8(5)4-2/h6-7H,3-5H2,1-2H3. The highest BCUT2D eigenvalue weighted by molar-refractivity contribution is 6.39. The first-order valence-corrected chi connectivity index (χ1v) is 3.20. The van der Waals surface area contributed by atoms with Crippen LogP contribution in [0.3, 0.4) is 0 Å². The van der Waals surface area contributed by atoms with Crippen LogP contribution in [0.15, 0.2) is 0 Å². The van der Waals surface area contributed by atoms with Crippen LogP contribution >= 0.6 is 0 Å². The molecule has 2 nitrogen and oxygen atoms in total. The molecule has 0 unspecified atom stereocenters. The third-order valence-corrected chi connectivity index (χ3v) is 1.17. The van der Waals surface area contributed by atoms with E-state index in [1.807, 2.05) is 0 Å².